The Morgan fingerprint density at radius 1 is 1.05 bits per heavy atom. The summed E-state index contributed by atoms with van der Waals surface area (Å²) in [7, 11) is 2.04. The third-order valence-corrected chi connectivity index (χ3v) is 4.18. The Hall–Kier alpha value is -1.68. The van der Waals surface area contributed by atoms with Crippen molar-refractivity contribution < 1.29 is 5.21 Å². The Morgan fingerprint density at radius 2 is 1.63 bits per heavy atom. The molecule has 3 heteroatoms. The molecule has 19 heavy (non-hydrogen) atoms. The molecule has 2 N–H and O–H groups in total. The van der Waals surface area contributed by atoms with Crippen molar-refractivity contribution in [1.29, 1.82) is 0 Å². The van der Waals surface area contributed by atoms with Crippen LogP contribution < -0.4 is 5.48 Å². The van der Waals surface area contributed by atoms with E-state index in [4.69, 9.17) is 0 Å². The first-order valence-corrected chi connectivity index (χ1v) is 6.52. The van der Waals surface area contributed by atoms with E-state index < -0.39 is 5.66 Å². The third kappa shape index (κ3) is 1.87. The zero-order valence-electron chi connectivity index (χ0n) is 11.0. The number of hydroxylamine groups is 1. The van der Waals surface area contributed by atoms with Gasteiger partial charge in [0.25, 0.3) is 0 Å². The van der Waals surface area contributed by atoms with Crippen molar-refractivity contribution in [2.45, 2.75) is 18.1 Å². The summed E-state index contributed by atoms with van der Waals surface area (Å²) in [6.45, 7) is 0. The summed E-state index contributed by atoms with van der Waals surface area (Å²) in [5, 5.41) is 9.63. The molecule has 1 aliphatic heterocycles. The topological polar surface area (TPSA) is 35.5 Å². The molecule has 1 saturated heterocycles. The first kappa shape index (κ1) is 12.4. The highest BCUT2D eigenvalue weighted by atomic mass is 16.5. The number of nitrogens with one attached hydrogen (secondary N) is 1. The number of hydrogen-bond donors (Lipinski definition) is 2. The van der Waals surface area contributed by atoms with Gasteiger partial charge in [0.2, 0.25) is 0 Å². The molecule has 0 bridgehead atoms. The minimum Gasteiger partial charge on any atom is -0.315 e. The summed E-state index contributed by atoms with van der Waals surface area (Å²) in [4.78, 5) is 2.18. The number of nitrogens with zero attached hydrogens (tertiary/aromatic N) is 1. The quantitative estimate of drug-likeness (QED) is 0.827. The normalized spacial score (nSPS) is 26.9. The molecule has 2 aromatic rings. The monoisotopic (exact) mass is 254 g/mol. The third-order valence-electron chi connectivity index (χ3n) is 4.18. The van der Waals surface area contributed by atoms with E-state index >= 15 is 0 Å². The van der Waals surface area contributed by atoms with Gasteiger partial charge in [-0.3, -0.25) is 4.90 Å². The molecule has 0 amide bonds. The van der Waals surface area contributed by atoms with E-state index in [0.29, 0.717) is 6.04 Å². The zero-order chi connectivity index (χ0) is 13.3. The van der Waals surface area contributed by atoms with Crippen molar-refractivity contribution in [1.82, 2.24) is 10.4 Å². The van der Waals surface area contributed by atoms with Gasteiger partial charge in [-0.15, -0.1) is 0 Å². The number of likely N-dealkylation sites (tertiary alicyclic amines) is 1. The first-order valence-electron chi connectivity index (χ1n) is 6.52. The molecule has 0 radical (unpaired) electrons. The first-order chi connectivity index (χ1) is 9.28. The van der Waals surface area contributed by atoms with E-state index in [-0.39, 0.29) is 0 Å². The lowest BCUT2D eigenvalue weighted by Gasteiger charge is -2.56. The van der Waals surface area contributed by atoms with E-state index in [2.05, 4.69) is 34.6 Å². The molecule has 3 nitrogen and oxygen atoms in total. The Balaban J connectivity index is 1.89. The van der Waals surface area contributed by atoms with E-state index in [0.717, 1.165) is 12.0 Å². The van der Waals surface area contributed by atoms with E-state index in [1.165, 1.54) is 5.56 Å². The van der Waals surface area contributed by atoms with E-state index in [1.807, 2.05) is 43.4 Å². The summed E-state index contributed by atoms with van der Waals surface area (Å²) in [6.07, 6.45) is 0.855. The maximum absolute atomic E-state index is 9.63. The second kappa shape index (κ2) is 4.78. The van der Waals surface area contributed by atoms with Crippen LogP contribution in [-0.2, 0) is 5.66 Å². The van der Waals surface area contributed by atoms with Crippen molar-refractivity contribution in [3.8, 4) is 0 Å². The van der Waals surface area contributed by atoms with Crippen LogP contribution in [0.15, 0.2) is 60.7 Å². The molecule has 2 atom stereocenters. The fourth-order valence-corrected chi connectivity index (χ4v) is 2.96. The standard InChI is InChI=1S/C16H18N2O/c1-18-15(13-8-4-2-5-9-13)12-16(18,17-19)14-10-6-3-7-11-14/h2-11,15,17,19H,12H2,1H3/t15-,16?/m0/s1. The van der Waals surface area contributed by atoms with Gasteiger partial charge in [0.05, 0.1) is 0 Å². The number of hydrogen-bond acceptors (Lipinski definition) is 3. The van der Waals surface area contributed by atoms with Gasteiger partial charge in [-0.2, -0.15) is 5.48 Å². The molecule has 0 spiro atoms. The average molecular weight is 254 g/mol. The minimum absolute atomic E-state index is 0.334. The van der Waals surface area contributed by atoms with Gasteiger partial charge >= 0.3 is 0 Å². The summed E-state index contributed by atoms with van der Waals surface area (Å²) >= 11 is 0. The Labute approximate surface area is 113 Å². The van der Waals surface area contributed by atoms with Crippen molar-refractivity contribution in [3.05, 3.63) is 71.8 Å². The summed E-state index contributed by atoms with van der Waals surface area (Å²) in [5.74, 6) is 0. The molecule has 1 aliphatic rings. The number of rotatable bonds is 3. The van der Waals surface area contributed by atoms with Crippen molar-refractivity contribution >= 4 is 0 Å². The fourth-order valence-electron chi connectivity index (χ4n) is 2.96. The largest absolute Gasteiger partial charge is 0.315 e. The van der Waals surface area contributed by atoms with Crippen LogP contribution in [0.25, 0.3) is 0 Å². The predicted octanol–water partition coefficient (Wildman–Crippen LogP) is 2.90. The Morgan fingerprint density at radius 3 is 2.16 bits per heavy atom. The molecule has 0 aromatic heterocycles. The van der Waals surface area contributed by atoms with Crippen LogP contribution >= 0.6 is 0 Å². The zero-order valence-corrected chi connectivity index (χ0v) is 11.0. The van der Waals surface area contributed by atoms with Crippen molar-refractivity contribution in [2.75, 3.05) is 7.05 Å². The summed E-state index contributed by atoms with van der Waals surface area (Å²) in [5.41, 5.74) is 4.41. The Bertz CT molecular complexity index is 543. The molecule has 3 rings (SSSR count). The molecule has 1 fully saturated rings. The molecule has 1 unspecified atom stereocenters. The highest BCUT2D eigenvalue weighted by Crippen LogP contribution is 2.49. The van der Waals surface area contributed by atoms with Crippen LogP contribution in [0.2, 0.25) is 0 Å². The lowest BCUT2D eigenvalue weighted by molar-refractivity contribution is -0.151. The molecular formula is C16H18N2O. The predicted molar refractivity (Wildman–Crippen MR) is 74.6 cm³/mol. The van der Waals surface area contributed by atoms with Gasteiger partial charge in [-0.05, 0) is 18.2 Å². The average Bonchev–Trinajstić information content (AvgIpc) is 2.49. The van der Waals surface area contributed by atoms with Crippen molar-refractivity contribution in [2.24, 2.45) is 0 Å². The maximum atomic E-state index is 9.63. The smallest absolute Gasteiger partial charge is 0.122 e. The van der Waals surface area contributed by atoms with Gasteiger partial charge in [0.15, 0.2) is 0 Å². The second-order valence-corrected chi connectivity index (χ2v) is 5.08. The lowest BCUT2D eigenvalue weighted by atomic mass is 9.78. The van der Waals surface area contributed by atoms with Crippen LogP contribution in [0.5, 0.6) is 0 Å². The van der Waals surface area contributed by atoms with Crippen LogP contribution in [0.4, 0.5) is 0 Å². The van der Waals surface area contributed by atoms with Gasteiger partial charge in [-0.1, -0.05) is 60.7 Å². The van der Waals surface area contributed by atoms with Gasteiger partial charge in [0, 0.05) is 12.5 Å². The molecular weight excluding hydrogens is 236 g/mol. The summed E-state index contributed by atoms with van der Waals surface area (Å²) < 4.78 is 0. The van der Waals surface area contributed by atoms with Crippen LogP contribution in [0, 0.1) is 0 Å². The highest BCUT2D eigenvalue weighted by Gasteiger charge is 2.51. The molecule has 0 aliphatic carbocycles. The SMILES string of the molecule is CN1[C@H](c2ccccc2)CC1(NO)c1ccccc1. The maximum Gasteiger partial charge on any atom is 0.122 e. The van der Waals surface area contributed by atoms with Crippen LogP contribution in [0.1, 0.15) is 23.6 Å². The number of benzene rings is 2. The lowest BCUT2D eigenvalue weighted by Crippen LogP contribution is -2.64. The van der Waals surface area contributed by atoms with E-state index in [9.17, 15) is 5.21 Å². The van der Waals surface area contributed by atoms with Gasteiger partial charge < -0.3 is 5.21 Å². The van der Waals surface area contributed by atoms with Crippen LogP contribution in [-0.4, -0.2) is 17.2 Å². The molecule has 0 saturated carbocycles. The minimum atomic E-state index is -0.470. The highest BCUT2D eigenvalue weighted by molar-refractivity contribution is 5.31. The Kier molecular flexibility index (Phi) is 3.11. The fraction of sp³-hybridized carbons (Fsp3) is 0.250. The molecule has 2 aromatic carbocycles. The van der Waals surface area contributed by atoms with E-state index in [1.54, 1.807) is 0 Å². The van der Waals surface area contributed by atoms with Crippen molar-refractivity contribution in [3.63, 3.8) is 0 Å². The molecule has 98 valence electrons. The van der Waals surface area contributed by atoms with Gasteiger partial charge in [0.1, 0.15) is 5.66 Å². The molecule has 1 heterocycles. The van der Waals surface area contributed by atoms with Crippen LogP contribution in [0.3, 0.4) is 0 Å². The summed E-state index contributed by atoms with van der Waals surface area (Å²) in [6, 6.07) is 20.8. The second-order valence-electron chi connectivity index (χ2n) is 5.08. The van der Waals surface area contributed by atoms with Gasteiger partial charge in [-0.25, -0.2) is 0 Å².